The van der Waals surface area contributed by atoms with Crippen molar-refractivity contribution in [3.8, 4) is 0 Å². The van der Waals surface area contributed by atoms with Gasteiger partial charge in [-0.2, -0.15) is 13.2 Å². The van der Waals surface area contributed by atoms with Crippen LogP contribution in [0.15, 0.2) is 30.3 Å². The van der Waals surface area contributed by atoms with E-state index in [1.54, 1.807) is 30.3 Å². The summed E-state index contributed by atoms with van der Waals surface area (Å²) in [6.45, 7) is 0. The topological polar surface area (TPSA) is 0 Å². The van der Waals surface area contributed by atoms with E-state index in [4.69, 9.17) is 0 Å². The van der Waals surface area contributed by atoms with Crippen LogP contribution < -0.4 is 0 Å². The van der Waals surface area contributed by atoms with Crippen LogP contribution in [0.1, 0.15) is 5.56 Å². The maximum atomic E-state index is 12.0. The van der Waals surface area contributed by atoms with Crippen LogP contribution >= 0.6 is 12.6 Å². The van der Waals surface area contributed by atoms with Crippen molar-refractivity contribution >= 4 is 12.6 Å². The van der Waals surface area contributed by atoms with Gasteiger partial charge in [0.05, 0.1) is 0 Å². The summed E-state index contributed by atoms with van der Waals surface area (Å²) in [6.07, 6.45) is -4.40. The van der Waals surface area contributed by atoms with Crippen LogP contribution in [0.25, 0.3) is 0 Å². The molecule has 1 atom stereocenters. The Hall–Kier alpha value is -0.640. The van der Waals surface area contributed by atoms with E-state index < -0.39 is 11.4 Å². The molecule has 0 aromatic heterocycles. The van der Waals surface area contributed by atoms with Gasteiger partial charge in [0.2, 0.25) is 0 Å². The predicted octanol–water partition coefficient (Wildman–Crippen LogP) is 3.36. The van der Waals surface area contributed by atoms with Crippen molar-refractivity contribution < 1.29 is 13.2 Å². The Morgan fingerprint density at radius 1 is 1.15 bits per heavy atom. The average molecular weight is 205 g/mol. The van der Waals surface area contributed by atoms with Gasteiger partial charge in [-0.1, -0.05) is 43.0 Å². The van der Waals surface area contributed by atoms with Gasteiger partial charge in [0.15, 0.2) is 0 Å². The zero-order valence-corrected chi connectivity index (χ0v) is 7.53. The lowest BCUT2D eigenvalue weighted by Crippen LogP contribution is -2.25. The van der Waals surface area contributed by atoms with Crippen LogP contribution in [-0.2, 0) is 6.42 Å². The lowest BCUT2D eigenvalue weighted by molar-refractivity contribution is -0.127. The smallest absolute Gasteiger partial charge is 0.170 e. The monoisotopic (exact) mass is 205 g/mol. The summed E-state index contributed by atoms with van der Waals surface area (Å²) in [4.78, 5) is 0. The zero-order chi connectivity index (χ0) is 9.90. The first-order chi connectivity index (χ1) is 6.00. The molecule has 0 nitrogen and oxygen atoms in total. The fourth-order valence-corrected chi connectivity index (χ4v) is 1.14. The summed E-state index contributed by atoms with van der Waals surface area (Å²) in [5.41, 5.74) is 0.625. The fraction of sp³-hybridized carbons (Fsp3) is 0.333. The first-order valence-electron chi connectivity index (χ1n) is 3.76. The lowest BCUT2D eigenvalue weighted by atomic mass is 10.1. The van der Waals surface area contributed by atoms with Crippen LogP contribution in [0.5, 0.6) is 0 Å². The number of alkyl halides is 3. The maximum absolute atomic E-state index is 12.0. The highest BCUT2D eigenvalue weighted by Crippen LogP contribution is 2.27. The molecule has 0 fully saturated rings. The van der Waals surface area contributed by atoms with Crippen LogP contribution in [-0.4, -0.2) is 11.4 Å². The van der Waals surface area contributed by atoms with Gasteiger partial charge in [0.25, 0.3) is 0 Å². The second-order valence-corrected chi connectivity index (χ2v) is 3.29. The summed E-state index contributed by atoms with van der Waals surface area (Å²) < 4.78 is 36.1. The quantitative estimate of drug-likeness (QED) is 0.694. The number of hydrogen-bond donors (Lipinski definition) is 0. The van der Waals surface area contributed by atoms with Gasteiger partial charge in [-0.15, -0.1) is 0 Å². The molecule has 0 aliphatic heterocycles. The highest BCUT2D eigenvalue weighted by Gasteiger charge is 2.37. The highest BCUT2D eigenvalue weighted by molar-refractivity contribution is 7.81. The maximum Gasteiger partial charge on any atom is 0.401 e. The SMILES string of the molecule is FC(F)(F)C([S])Cc1ccccc1. The number of halogens is 3. The summed E-state index contributed by atoms with van der Waals surface area (Å²) in [5.74, 6) is 0. The number of benzene rings is 1. The summed E-state index contributed by atoms with van der Waals surface area (Å²) in [7, 11) is 0. The minimum Gasteiger partial charge on any atom is -0.170 e. The normalized spacial score (nSPS) is 14.2. The zero-order valence-electron chi connectivity index (χ0n) is 6.71. The van der Waals surface area contributed by atoms with Gasteiger partial charge in [-0.25, -0.2) is 0 Å². The first kappa shape index (κ1) is 10.4. The van der Waals surface area contributed by atoms with Gasteiger partial charge in [0, 0.05) is 0 Å². The molecule has 0 saturated carbocycles. The molecule has 0 bridgehead atoms. The van der Waals surface area contributed by atoms with Crippen LogP contribution in [0.2, 0.25) is 0 Å². The van der Waals surface area contributed by atoms with Crippen LogP contribution in [0.3, 0.4) is 0 Å². The van der Waals surface area contributed by atoms with E-state index in [0.29, 0.717) is 5.56 Å². The fourth-order valence-electron chi connectivity index (χ4n) is 0.944. The number of rotatable bonds is 2. The molecule has 71 valence electrons. The van der Waals surface area contributed by atoms with Crippen LogP contribution in [0, 0.1) is 0 Å². The third-order valence-electron chi connectivity index (χ3n) is 1.63. The van der Waals surface area contributed by atoms with Crippen molar-refractivity contribution in [2.45, 2.75) is 17.8 Å². The lowest BCUT2D eigenvalue weighted by Gasteiger charge is -2.13. The van der Waals surface area contributed by atoms with Gasteiger partial charge >= 0.3 is 6.18 Å². The molecule has 0 N–H and O–H groups in total. The average Bonchev–Trinajstić information content (AvgIpc) is 2.04. The van der Waals surface area contributed by atoms with Crippen molar-refractivity contribution in [1.82, 2.24) is 0 Å². The third kappa shape index (κ3) is 3.30. The molecule has 0 spiro atoms. The molecule has 0 aliphatic carbocycles. The molecular weight excluding hydrogens is 197 g/mol. The molecule has 0 amide bonds. The second-order valence-electron chi connectivity index (χ2n) is 2.72. The molecule has 1 unspecified atom stereocenters. The molecular formula is C9H8F3S. The summed E-state index contributed by atoms with van der Waals surface area (Å²) >= 11 is 4.33. The van der Waals surface area contributed by atoms with Gasteiger partial charge in [-0.3, -0.25) is 0 Å². The first-order valence-corrected chi connectivity index (χ1v) is 4.24. The molecule has 1 rings (SSSR count). The van der Waals surface area contributed by atoms with E-state index in [0.717, 1.165) is 0 Å². The summed E-state index contributed by atoms with van der Waals surface area (Å²) in [5, 5.41) is -1.69. The van der Waals surface area contributed by atoms with Gasteiger partial charge < -0.3 is 0 Å². The second kappa shape index (κ2) is 4.05. The van der Waals surface area contributed by atoms with E-state index in [2.05, 4.69) is 12.6 Å². The van der Waals surface area contributed by atoms with Gasteiger partial charge in [0.1, 0.15) is 5.25 Å². The minimum atomic E-state index is -4.27. The van der Waals surface area contributed by atoms with Crippen molar-refractivity contribution in [1.29, 1.82) is 0 Å². The Bertz CT molecular complexity index is 255. The molecule has 1 aromatic carbocycles. The van der Waals surface area contributed by atoms with Crippen molar-refractivity contribution in [3.05, 3.63) is 35.9 Å². The van der Waals surface area contributed by atoms with E-state index in [-0.39, 0.29) is 6.42 Å². The van der Waals surface area contributed by atoms with Crippen molar-refractivity contribution in [3.63, 3.8) is 0 Å². The van der Waals surface area contributed by atoms with Crippen LogP contribution in [0.4, 0.5) is 13.2 Å². The van der Waals surface area contributed by atoms with Crippen molar-refractivity contribution in [2.24, 2.45) is 0 Å². The predicted molar refractivity (Wildman–Crippen MR) is 47.6 cm³/mol. The molecule has 1 aromatic rings. The largest absolute Gasteiger partial charge is 0.401 e. The highest BCUT2D eigenvalue weighted by atomic mass is 32.1. The Kier molecular flexibility index (Phi) is 3.25. The molecule has 0 heterocycles. The Morgan fingerprint density at radius 3 is 2.15 bits per heavy atom. The molecule has 4 heteroatoms. The van der Waals surface area contributed by atoms with Gasteiger partial charge in [-0.05, 0) is 12.0 Å². The molecule has 13 heavy (non-hydrogen) atoms. The molecule has 0 aliphatic rings. The minimum absolute atomic E-state index is 0.125. The molecule has 0 saturated heterocycles. The Balaban J connectivity index is 2.61. The third-order valence-corrected chi connectivity index (χ3v) is 2.06. The van der Waals surface area contributed by atoms with Crippen molar-refractivity contribution in [2.75, 3.05) is 0 Å². The van der Waals surface area contributed by atoms with E-state index in [9.17, 15) is 13.2 Å². The summed E-state index contributed by atoms with van der Waals surface area (Å²) in [6, 6.07) is 8.45. The van der Waals surface area contributed by atoms with E-state index >= 15 is 0 Å². The van der Waals surface area contributed by atoms with E-state index in [1.165, 1.54) is 0 Å². The number of hydrogen-bond acceptors (Lipinski definition) is 0. The Morgan fingerprint density at radius 2 is 1.69 bits per heavy atom. The standard InChI is InChI=1S/C9H8F3S/c10-9(11,12)8(13)6-7-4-2-1-3-5-7/h1-5,8H,6H2. The Labute approximate surface area is 80.2 Å². The van der Waals surface area contributed by atoms with E-state index in [1.807, 2.05) is 0 Å². The molecule has 1 radical (unpaired) electrons.